The smallest absolute Gasteiger partial charge is 0.269 e. The number of allylic oxidation sites excluding steroid dienone is 1. The predicted octanol–water partition coefficient (Wildman–Crippen LogP) is 2.56. The van der Waals surface area contributed by atoms with Gasteiger partial charge >= 0.3 is 0 Å². The first-order valence-corrected chi connectivity index (χ1v) is 6.50. The zero-order valence-corrected chi connectivity index (χ0v) is 11.4. The van der Waals surface area contributed by atoms with Crippen LogP contribution in [-0.4, -0.2) is 29.1 Å². The van der Waals surface area contributed by atoms with Crippen molar-refractivity contribution in [1.82, 2.24) is 5.06 Å². The molecule has 0 heterocycles. The molecule has 0 aromatic heterocycles. The quantitative estimate of drug-likeness (QED) is 0.344. The monoisotopic (exact) mass is 323 g/mol. The Hall–Kier alpha value is -0.100. The van der Waals surface area contributed by atoms with Crippen molar-refractivity contribution in [2.24, 2.45) is 5.92 Å². The summed E-state index contributed by atoms with van der Waals surface area (Å²) in [6.45, 7) is 0. The van der Waals surface area contributed by atoms with E-state index in [4.69, 9.17) is 4.84 Å². The number of amides is 1. The van der Waals surface area contributed by atoms with Crippen molar-refractivity contribution in [2.75, 3.05) is 14.2 Å². The highest BCUT2D eigenvalue weighted by Gasteiger charge is 2.21. The fourth-order valence-electron chi connectivity index (χ4n) is 1.78. The summed E-state index contributed by atoms with van der Waals surface area (Å²) in [5.41, 5.74) is 0. The third-order valence-corrected chi connectivity index (χ3v) is 3.92. The first kappa shape index (κ1) is 13.0. The molecular weight excluding hydrogens is 305 g/mol. The molecule has 0 saturated heterocycles. The van der Waals surface area contributed by atoms with Gasteiger partial charge in [-0.1, -0.05) is 28.7 Å². The maximum absolute atomic E-state index is 11.3. The number of hydroxylamine groups is 2. The van der Waals surface area contributed by atoms with Crippen LogP contribution in [-0.2, 0) is 9.63 Å². The van der Waals surface area contributed by atoms with E-state index in [1.165, 1.54) is 31.4 Å². The second-order valence-corrected chi connectivity index (χ2v) is 5.69. The molecule has 0 bridgehead atoms. The van der Waals surface area contributed by atoms with Gasteiger partial charge in [-0.3, -0.25) is 9.63 Å². The lowest BCUT2D eigenvalue weighted by Crippen LogP contribution is -2.23. The average molecular weight is 323 g/mol. The van der Waals surface area contributed by atoms with Crippen molar-refractivity contribution >= 4 is 28.5 Å². The van der Waals surface area contributed by atoms with Crippen LogP contribution in [0.2, 0.25) is 0 Å². The zero-order chi connectivity index (χ0) is 11.3. The molecule has 0 radical (unpaired) electrons. The fraction of sp³-hybridized carbons (Fsp3) is 0.727. The van der Waals surface area contributed by atoms with E-state index in [1.807, 2.05) is 6.08 Å². The first-order valence-electron chi connectivity index (χ1n) is 5.26. The summed E-state index contributed by atoms with van der Waals surface area (Å²) in [4.78, 5) is 16.1. The summed E-state index contributed by atoms with van der Waals surface area (Å²) in [6.07, 6.45) is 8.50. The number of likely N-dealkylation sites (N-methyl/N-ethyl adjacent to an activating group) is 1. The highest BCUT2D eigenvalue weighted by atomic mass is 127. The molecule has 1 aliphatic rings. The lowest BCUT2D eigenvalue weighted by atomic mass is 10.0. The predicted molar refractivity (Wildman–Crippen MR) is 68.7 cm³/mol. The number of halogens is 1. The SMILES string of the molecule is CON(C)C(=O)/C=C/CC1CCC(I)C1. The summed E-state index contributed by atoms with van der Waals surface area (Å²) in [6, 6.07) is 0. The minimum Gasteiger partial charge on any atom is -0.274 e. The molecule has 0 aliphatic heterocycles. The molecule has 1 amide bonds. The van der Waals surface area contributed by atoms with Crippen molar-refractivity contribution in [2.45, 2.75) is 29.6 Å². The molecule has 2 atom stereocenters. The molecule has 4 heteroatoms. The lowest BCUT2D eigenvalue weighted by Gasteiger charge is -2.10. The summed E-state index contributed by atoms with van der Waals surface area (Å²) in [7, 11) is 3.10. The zero-order valence-electron chi connectivity index (χ0n) is 9.28. The number of rotatable bonds is 4. The normalized spacial score (nSPS) is 26.1. The Kier molecular flexibility index (Phi) is 5.60. The number of nitrogens with zero attached hydrogens (tertiary/aromatic N) is 1. The molecule has 0 aromatic rings. The van der Waals surface area contributed by atoms with E-state index < -0.39 is 0 Å². The van der Waals surface area contributed by atoms with Crippen LogP contribution in [0.5, 0.6) is 0 Å². The summed E-state index contributed by atoms with van der Waals surface area (Å²) in [5, 5.41) is 1.23. The van der Waals surface area contributed by atoms with Crippen LogP contribution >= 0.6 is 22.6 Å². The van der Waals surface area contributed by atoms with Gasteiger partial charge < -0.3 is 0 Å². The van der Waals surface area contributed by atoms with Gasteiger partial charge in [0.2, 0.25) is 0 Å². The van der Waals surface area contributed by atoms with Gasteiger partial charge in [0.25, 0.3) is 5.91 Å². The molecule has 0 aromatic carbocycles. The van der Waals surface area contributed by atoms with Gasteiger partial charge in [-0.05, 0) is 31.6 Å². The molecule has 3 nitrogen and oxygen atoms in total. The molecule has 1 saturated carbocycles. The van der Waals surface area contributed by atoms with E-state index in [2.05, 4.69) is 22.6 Å². The van der Waals surface area contributed by atoms with Gasteiger partial charge in [-0.25, -0.2) is 5.06 Å². The second-order valence-electron chi connectivity index (χ2n) is 3.93. The number of alkyl halides is 1. The Morgan fingerprint density at radius 1 is 1.60 bits per heavy atom. The second kappa shape index (κ2) is 6.48. The summed E-state index contributed by atoms with van der Waals surface area (Å²) in [5.74, 6) is 0.672. The molecular formula is C11H18INO2. The summed E-state index contributed by atoms with van der Waals surface area (Å²) >= 11 is 2.51. The van der Waals surface area contributed by atoms with Gasteiger partial charge in [0.05, 0.1) is 7.11 Å². The topological polar surface area (TPSA) is 29.5 Å². The van der Waals surface area contributed by atoms with Crippen molar-refractivity contribution in [1.29, 1.82) is 0 Å². The van der Waals surface area contributed by atoms with Crippen molar-refractivity contribution in [3.8, 4) is 0 Å². The van der Waals surface area contributed by atoms with Gasteiger partial charge in [-0.15, -0.1) is 0 Å². The molecule has 1 fully saturated rings. The Morgan fingerprint density at radius 2 is 2.33 bits per heavy atom. The van der Waals surface area contributed by atoms with E-state index >= 15 is 0 Å². The Balaban J connectivity index is 2.24. The molecule has 0 N–H and O–H groups in total. The molecule has 2 unspecified atom stereocenters. The minimum absolute atomic E-state index is 0.0958. The van der Waals surface area contributed by atoms with Gasteiger partial charge in [-0.2, -0.15) is 0 Å². The third-order valence-electron chi connectivity index (χ3n) is 2.79. The Morgan fingerprint density at radius 3 is 2.87 bits per heavy atom. The Labute approximate surface area is 105 Å². The highest BCUT2D eigenvalue weighted by Crippen LogP contribution is 2.33. The van der Waals surface area contributed by atoms with Crippen LogP contribution in [0.15, 0.2) is 12.2 Å². The maximum Gasteiger partial charge on any atom is 0.269 e. The van der Waals surface area contributed by atoms with Crippen molar-refractivity contribution in [3.05, 3.63) is 12.2 Å². The number of carbonyl (C=O) groups excluding carboxylic acids is 1. The van der Waals surface area contributed by atoms with E-state index in [-0.39, 0.29) is 5.91 Å². The maximum atomic E-state index is 11.3. The standard InChI is InChI=1S/C11H18INO2/c1-13(15-2)11(14)5-3-4-9-6-7-10(12)8-9/h3,5,9-10H,4,6-8H2,1-2H3/b5-3+. The van der Waals surface area contributed by atoms with Gasteiger partial charge in [0.1, 0.15) is 0 Å². The van der Waals surface area contributed by atoms with Crippen LogP contribution in [0.3, 0.4) is 0 Å². The van der Waals surface area contributed by atoms with Crippen LogP contribution in [0.25, 0.3) is 0 Å². The average Bonchev–Trinajstić information content (AvgIpc) is 2.63. The molecule has 86 valence electrons. The van der Waals surface area contributed by atoms with E-state index in [0.717, 1.165) is 16.3 Å². The minimum atomic E-state index is -0.0958. The number of hydrogen-bond acceptors (Lipinski definition) is 2. The van der Waals surface area contributed by atoms with Crippen LogP contribution in [0.1, 0.15) is 25.7 Å². The lowest BCUT2D eigenvalue weighted by molar-refractivity contribution is -0.162. The number of hydrogen-bond donors (Lipinski definition) is 0. The molecule has 1 aliphatic carbocycles. The van der Waals surface area contributed by atoms with Crippen LogP contribution in [0, 0.1) is 5.92 Å². The molecule has 0 spiro atoms. The third kappa shape index (κ3) is 4.51. The number of carbonyl (C=O) groups is 1. The van der Waals surface area contributed by atoms with Crippen LogP contribution < -0.4 is 0 Å². The largest absolute Gasteiger partial charge is 0.274 e. The molecule has 15 heavy (non-hydrogen) atoms. The van der Waals surface area contributed by atoms with Crippen molar-refractivity contribution < 1.29 is 9.63 Å². The van der Waals surface area contributed by atoms with E-state index in [1.54, 1.807) is 13.1 Å². The molecule has 1 rings (SSSR count). The van der Waals surface area contributed by atoms with E-state index in [9.17, 15) is 4.79 Å². The highest BCUT2D eigenvalue weighted by molar-refractivity contribution is 14.1. The summed E-state index contributed by atoms with van der Waals surface area (Å²) < 4.78 is 0.832. The van der Waals surface area contributed by atoms with Crippen LogP contribution in [0.4, 0.5) is 0 Å². The van der Waals surface area contributed by atoms with Crippen molar-refractivity contribution in [3.63, 3.8) is 0 Å². The fourth-order valence-corrected chi connectivity index (χ4v) is 2.86. The van der Waals surface area contributed by atoms with Gasteiger partial charge in [0, 0.05) is 17.0 Å². The Bertz CT molecular complexity index is 243. The van der Waals surface area contributed by atoms with E-state index in [0.29, 0.717) is 0 Å². The first-order chi connectivity index (χ1) is 7.13. The van der Waals surface area contributed by atoms with Gasteiger partial charge in [0.15, 0.2) is 0 Å².